The molecule has 1 aromatic heterocycles. The molecule has 0 aromatic carbocycles. The van der Waals surface area contributed by atoms with E-state index in [0.29, 0.717) is 11.4 Å². The zero-order valence-electron chi connectivity index (χ0n) is 7.28. The van der Waals surface area contributed by atoms with Crippen LogP contribution in [0.1, 0.15) is 17.4 Å². The highest BCUT2D eigenvalue weighted by atomic mass is 32.2. The lowest BCUT2D eigenvalue weighted by molar-refractivity contribution is 0.101. The molecule has 0 aliphatic heterocycles. The van der Waals surface area contributed by atoms with Crippen molar-refractivity contribution in [3.05, 3.63) is 18.0 Å². The van der Waals surface area contributed by atoms with Crippen LogP contribution in [0.4, 0.5) is 0 Å². The fraction of sp³-hybridized carbons (Fsp3) is 0.500. The van der Waals surface area contributed by atoms with Crippen molar-refractivity contribution in [3.8, 4) is 0 Å². The van der Waals surface area contributed by atoms with Gasteiger partial charge in [0.05, 0.1) is 5.75 Å². The van der Waals surface area contributed by atoms with E-state index < -0.39 is 0 Å². The molecule has 66 valence electrons. The Bertz CT molecular complexity index is 270. The summed E-state index contributed by atoms with van der Waals surface area (Å²) >= 11 is 1.63. The predicted molar refractivity (Wildman–Crippen MR) is 50.5 cm³/mol. The Morgan fingerprint density at radius 3 is 3.00 bits per heavy atom. The lowest BCUT2D eigenvalue weighted by Gasteiger charge is -1.98. The van der Waals surface area contributed by atoms with Crippen LogP contribution in [0.15, 0.2) is 12.3 Å². The second kappa shape index (κ2) is 4.30. The summed E-state index contributed by atoms with van der Waals surface area (Å²) in [6.45, 7) is 2.04. The first kappa shape index (κ1) is 9.32. The maximum absolute atomic E-state index is 11.4. The Morgan fingerprint density at radius 1 is 1.75 bits per heavy atom. The average Bonchev–Trinajstić information content (AvgIpc) is 2.47. The molecule has 1 heterocycles. The number of hydrogen-bond acceptors (Lipinski definition) is 3. The standard InChI is InChI=1S/C8H12N2OS/c1-3-12-6-8(11)7-4-5-9-10(7)2/h4-5H,3,6H2,1-2H3. The number of carbonyl (C=O) groups is 1. The molecule has 4 heteroatoms. The van der Waals surface area contributed by atoms with Gasteiger partial charge in [-0.25, -0.2) is 0 Å². The van der Waals surface area contributed by atoms with Crippen LogP contribution in [0.5, 0.6) is 0 Å². The topological polar surface area (TPSA) is 34.9 Å². The number of hydrogen-bond donors (Lipinski definition) is 0. The Morgan fingerprint density at radius 2 is 2.50 bits per heavy atom. The first-order valence-electron chi connectivity index (χ1n) is 3.84. The molecule has 1 aromatic rings. The minimum atomic E-state index is 0.154. The minimum absolute atomic E-state index is 0.154. The molecule has 0 N–H and O–H groups in total. The number of aryl methyl sites for hydroxylation is 1. The van der Waals surface area contributed by atoms with Gasteiger partial charge < -0.3 is 0 Å². The molecular formula is C8H12N2OS. The zero-order valence-corrected chi connectivity index (χ0v) is 8.10. The van der Waals surface area contributed by atoms with Crippen LogP contribution in [0.2, 0.25) is 0 Å². The third kappa shape index (κ3) is 2.11. The molecule has 0 saturated carbocycles. The van der Waals surface area contributed by atoms with Crippen molar-refractivity contribution in [2.45, 2.75) is 6.92 Å². The number of nitrogens with zero attached hydrogens (tertiary/aromatic N) is 2. The highest BCUT2D eigenvalue weighted by molar-refractivity contribution is 7.99. The summed E-state index contributed by atoms with van der Waals surface area (Å²) in [4.78, 5) is 11.4. The SMILES string of the molecule is CCSCC(=O)c1ccnn1C. The van der Waals surface area contributed by atoms with Crippen LogP contribution in [-0.4, -0.2) is 27.1 Å². The molecule has 0 aliphatic rings. The van der Waals surface area contributed by atoms with E-state index in [2.05, 4.69) is 5.10 Å². The van der Waals surface area contributed by atoms with E-state index in [1.54, 1.807) is 35.8 Å². The fourth-order valence-corrected chi connectivity index (χ4v) is 1.45. The molecule has 0 fully saturated rings. The highest BCUT2D eigenvalue weighted by Gasteiger charge is 2.08. The molecule has 3 nitrogen and oxygen atoms in total. The first-order valence-corrected chi connectivity index (χ1v) is 5.00. The maximum Gasteiger partial charge on any atom is 0.190 e. The van der Waals surface area contributed by atoms with E-state index in [4.69, 9.17) is 0 Å². The van der Waals surface area contributed by atoms with Gasteiger partial charge >= 0.3 is 0 Å². The number of thioether (sulfide) groups is 1. The summed E-state index contributed by atoms with van der Waals surface area (Å²) in [5.74, 6) is 1.68. The lowest BCUT2D eigenvalue weighted by Crippen LogP contribution is -2.09. The normalized spacial score (nSPS) is 10.2. The van der Waals surface area contributed by atoms with E-state index in [1.165, 1.54) is 0 Å². The van der Waals surface area contributed by atoms with Gasteiger partial charge in [0, 0.05) is 13.2 Å². The first-order chi connectivity index (χ1) is 5.75. The van der Waals surface area contributed by atoms with Crippen LogP contribution >= 0.6 is 11.8 Å². The predicted octanol–water partition coefficient (Wildman–Crippen LogP) is 1.36. The van der Waals surface area contributed by atoms with Crippen molar-refractivity contribution in [1.29, 1.82) is 0 Å². The van der Waals surface area contributed by atoms with Gasteiger partial charge in [0.2, 0.25) is 0 Å². The van der Waals surface area contributed by atoms with Gasteiger partial charge in [0.1, 0.15) is 5.69 Å². The monoisotopic (exact) mass is 184 g/mol. The van der Waals surface area contributed by atoms with Gasteiger partial charge in [-0.05, 0) is 11.8 Å². The molecule has 0 atom stereocenters. The van der Waals surface area contributed by atoms with Gasteiger partial charge in [-0.3, -0.25) is 9.48 Å². The van der Waals surface area contributed by atoms with Crippen LogP contribution < -0.4 is 0 Å². The van der Waals surface area contributed by atoms with E-state index in [-0.39, 0.29) is 5.78 Å². The van der Waals surface area contributed by atoms with Crippen molar-refractivity contribution in [3.63, 3.8) is 0 Å². The van der Waals surface area contributed by atoms with Crippen molar-refractivity contribution >= 4 is 17.5 Å². The van der Waals surface area contributed by atoms with Crippen molar-refractivity contribution in [2.75, 3.05) is 11.5 Å². The molecule has 0 saturated heterocycles. The number of Topliss-reactive ketones (excluding diaryl/α,β-unsaturated/α-hetero) is 1. The Hall–Kier alpha value is -0.770. The average molecular weight is 184 g/mol. The second-order valence-electron chi connectivity index (χ2n) is 2.40. The summed E-state index contributed by atoms with van der Waals surface area (Å²) in [7, 11) is 1.78. The highest BCUT2D eigenvalue weighted by Crippen LogP contribution is 2.05. The number of rotatable bonds is 4. The molecule has 0 radical (unpaired) electrons. The van der Waals surface area contributed by atoms with E-state index in [1.807, 2.05) is 6.92 Å². The Balaban J connectivity index is 2.59. The van der Waals surface area contributed by atoms with Gasteiger partial charge in [-0.1, -0.05) is 6.92 Å². The molecule has 12 heavy (non-hydrogen) atoms. The molecule has 0 spiro atoms. The Labute approximate surface area is 76.1 Å². The van der Waals surface area contributed by atoms with Crippen LogP contribution in [0, 0.1) is 0 Å². The molecule has 0 bridgehead atoms. The van der Waals surface area contributed by atoms with Gasteiger partial charge in [-0.2, -0.15) is 16.9 Å². The second-order valence-corrected chi connectivity index (χ2v) is 3.67. The van der Waals surface area contributed by atoms with Crippen molar-refractivity contribution in [2.24, 2.45) is 7.05 Å². The summed E-state index contributed by atoms with van der Waals surface area (Å²) in [6.07, 6.45) is 1.64. The van der Waals surface area contributed by atoms with E-state index in [9.17, 15) is 4.79 Å². The van der Waals surface area contributed by atoms with Gasteiger partial charge in [0.15, 0.2) is 5.78 Å². The van der Waals surface area contributed by atoms with E-state index >= 15 is 0 Å². The van der Waals surface area contributed by atoms with Crippen molar-refractivity contribution in [1.82, 2.24) is 9.78 Å². The number of aromatic nitrogens is 2. The fourth-order valence-electron chi connectivity index (χ4n) is 0.916. The summed E-state index contributed by atoms with van der Waals surface area (Å²) in [5, 5.41) is 3.93. The molecule has 0 aliphatic carbocycles. The van der Waals surface area contributed by atoms with Crippen LogP contribution in [0.25, 0.3) is 0 Å². The number of ketones is 1. The van der Waals surface area contributed by atoms with Crippen LogP contribution in [-0.2, 0) is 7.05 Å². The third-order valence-electron chi connectivity index (χ3n) is 1.54. The van der Waals surface area contributed by atoms with E-state index in [0.717, 1.165) is 5.75 Å². The summed E-state index contributed by atoms with van der Waals surface area (Å²) in [5.41, 5.74) is 0.691. The van der Waals surface area contributed by atoms with Crippen LogP contribution in [0.3, 0.4) is 0 Å². The molecular weight excluding hydrogens is 172 g/mol. The maximum atomic E-state index is 11.4. The largest absolute Gasteiger partial charge is 0.292 e. The van der Waals surface area contributed by atoms with Gasteiger partial charge in [-0.15, -0.1) is 0 Å². The van der Waals surface area contributed by atoms with Gasteiger partial charge in [0.25, 0.3) is 0 Å². The zero-order chi connectivity index (χ0) is 8.97. The molecule has 1 rings (SSSR count). The Kier molecular flexibility index (Phi) is 3.34. The minimum Gasteiger partial charge on any atom is -0.292 e. The molecule has 0 unspecified atom stereocenters. The summed E-state index contributed by atoms with van der Waals surface area (Å²) in [6, 6.07) is 1.75. The number of carbonyl (C=O) groups excluding carboxylic acids is 1. The summed E-state index contributed by atoms with van der Waals surface area (Å²) < 4.78 is 1.61. The smallest absolute Gasteiger partial charge is 0.190 e. The quantitative estimate of drug-likeness (QED) is 0.663. The lowest BCUT2D eigenvalue weighted by atomic mass is 10.3. The van der Waals surface area contributed by atoms with Crippen molar-refractivity contribution < 1.29 is 4.79 Å². The third-order valence-corrected chi connectivity index (χ3v) is 2.42. The molecule has 0 amide bonds.